The highest BCUT2D eigenvalue weighted by atomic mass is 16.5. The zero-order valence-corrected chi connectivity index (χ0v) is 12.5. The first-order valence-corrected chi connectivity index (χ1v) is 6.94. The number of ether oxygens (including phenoxy) is 1. The van der Waals surface area contributed by atoms with Gasteiger partial charge in [-0.05, 0) is 43.3 Å². The molecule has 0 saturated carbocycles. The van der Waals surface area contributed by atoms with E-state index in [9.17, 15) is 9.59 Å². The normalized spacial score (nSPS) is 10.3. The molecule has 2 rings (SSSR count). The van der Waals surface area contributed by atoms with Gasteiger partial charge in [-0.25, -0.2) is 0 Å². The van der Waals surface area contributed by atoms with Gasteiger partial charge in [-0.1, -0.05) is 0 Å². The number of rotatable bonds is 6. The van der Waals surface area contributed by atoms with Gasteiger partial charge in [0.25, 0.3) is 5.91 Å². The van der Waals surface area contributed by atoms with Crippen LogP contribution in [-0.2, 0) is 16.1 Å². The second-order valence-electron chi connectivity index (χ2n) is 4.62. The van der Waals surface area contributed by atoms with Gasteiger partial charge in [-0.3, -0.25) is 9.59 Å². The Hall–Kier alpha value is -2.60. The molecule has 6 nitrogen and oxygen atoms in total. The lowest BCUT2D eigenvalue weighted by molar-refractivity contribution is -0.114. The number of nitrogens with one attached hydrogen (secondary N) is 2. The van der Waals surface area contributed by atoms with Crippen molar-refractivity contribution in [2.45, 2.75) is 20.5 Å². The smallest absolute Gasteiger partial charge is 0.291 e. The topological polar surface area (TPSA) is 80.6 Å². The summed E-state index contributed by atoms with van der Waals surface area (Å²) in [5.41, 5.74) is 1.28. The molecule has 6 heteroatoms. The van der Waals surface area contributed by atoms with Gasteiger partial charge >= 0.3 is 0 Å². The van der Waals surface area contributed by atoms with Crippen LogP contribution in [0.15, 0.2) is 40.8 Å². The van der Waals surface area contributed by atoms with Crippen molar-refractivity contribution in [3.63, 3.8) is 0 Å². The van der Waals surface area contributed by atoms with Gasteiger partial charge in [0.05, 0.1) is 0 Å². The molecule has 116 valence electrons. The third-order valence-corrected chi connectivity index (χ3v) is 2.80. The van der Waals surface area contributed by atoms with Crippen molar-refractivity contribution < 1.29 is 18.7 Å². The molecule has 1 heterocycles. The fraction of sp³-hybridized carbons (Fsp3) is 0.250. The molecule has 1 aromatic carbocycles. The predicted molar refractivity (Wildman–Crippen MR) is 82.7 cm³/mol. The third-order valence-electron chi connectivity index (χ3n) is 2.80. The maximum atomic E-state index is 12.0. The average molecular weight is 302 g/mol. The molecule has 0 fully saturated rings. The van der Waals surface area contributed by atoms with Crippen LogP contribution in [0.3, 0.4) is 0 Å². The van der Waals surface area contributed by atoms with Crippen molar-refractivity contribution in [3.05, 3.63) is 47.9 Å². The second-order valence-corrected chi connectivity index (χ2v) is 4.62. The number of furan rings is 1. The van der Waals surface area contributed by atoms with Gasteiger partial charge in [-0.2, -0.15) is 0 Å². The molecule has 0 spiro atoms. The number of benzene rings is 1. The molecule has 0 aliphatic rings. The number of amides is 2. The number of carbonyl (C=O) groups excluding carboxylic acids is 2. The van der Waals surface area contributed by atoms with E-state index in [0.717, 1.165) is 0 Å². The zero-order chi connectivity index (χ0) is 15.9. The van der Waals surface area contributed by atoms with Crippen molar-refractivity contribution in [1.29, 1.82) is 0 Å². The van der Waals surface area contributed by atoms with Crippen molar-refractivity contribution >= 4 is 23.2 Å². The van der Waals surface area contributed by atoms with Crippen LogP contribution >= 0.6 is 0 Å². The highest BCUT2D eigenvalue weighted by molar-refractivity contribution is 6.02. The lowest BCUT2D eigenvalue weighted by atomic mass is 10.2. The molecule has 0 unspecified atom stereocenters. The van der Waals surface area contributed by atoms with Gasteiger partial charge in [-0.15, -0.1) is 0 Å². The largest absolute Gasteiger partial charge is 0.453 e. The Labute approximate surface area is 128 Å². The monoisotopic (exact) mass is 302 g/mol. The van der Waals surface area contributed by atoms with E-state index in [1.54, 1.807) is 36.4 Å². The van der Waals surface area contributed by atoms with Crippen LogP contribution in [0, 0.1) is 0 Å². The van der Waals surface area contributed by atoms with Gasteiger partial charge in [0.1, 0.15) is 12.4 Å². The molecule has 0 saturated heterocycles. The van der Waals surface area contributed by atoms with Crippen LogP contribution in [0.25, 0.3) is 0 Å². The maximum Gasteiger partial charge on any atom is 0.291 e. The lowest BCUT2D eigenvalue weighted by Crippen LogP contribution is -2.11. The van der Waals surface area contributed by atoms with E-state index in [1.165, 1.54) is 6.92 Å². The highest BCUT2D eigenvalue weighted by Crippen LogP contribution is 2.16. The first kappa shape index (κ1) is 15.8. The predicted octanol–water partition coefficient (Wildman–Crippen LogP) is 3.03. The van der Waals surface area contributed by atoms with Crippen molar-refractivity contribution in [3.8, 4) is 0 Å². The Morgan fingerprint density at radius 2 is 1.68 bits per heavy atom. The summed E-state index contributed by atoms with van der Waals surface area (Å²) in [7, 11) is 0. The summed E-state index contributed by atoms with van der Waals surface area (Å²) < 4.78 is 10.6. The summed E-state index contributed by atoms with van der Waals surface area (Å²) in [5.74, 6) is 0.345. The molecule has 2 N–H and O–H groups in total. The van der Waals surface area contributed by atoms with E-state index in [4.69, 9.17) is 9.15 Å². The molecule has 2 amide bonds. The van der Waals surface area contributed by atoms with E-state index < -0.39 is 0 Å². The molecule has 0 aliphatic heterocycles. The summed E-state index contributed by atoms with van der Waals surface area (Å²) in [4.78, 5) is 23.0. The minimum absolute atomic E-state index is 0.144. The maximum absolute atomic E-state index is 12.0. The molecule has 0 bridgehead atoms. The fourth-order valence-corrected chi connectivity index (χ4v) is 1.81. The first-order chi connectivity index (χ1) is 10.6. The Morgan fingerprint density at radius 3 is 2.27 bits per heavy atom. The number of hydrogen-bond acceptors (Lipinski definition) is 4. The van der Waals surface area contributed by atoms with E-state index in [0.29, 0.717) is 30.3 Å². The van der Waals surface area contributed by atoms with Crippen molar-refractivity contribution in [2.75, 3.05) is 17.2 Å². The summed E-state index contributed by atoms with van der Waals surface area (Å²) >= 11 is 0. The van der Waals surface area contributed by atoms with Gasteiger partial charge in [0.15, 0.2) is 5.76 Å². The van der Waals surface area contributed by atoms with Crippen molar-refractivity contribution in [2.24, 2.45) is 0 Å². The minimum Gasteiger partial charge on any atom is -0.453 e. The molecule has 1 aromatic heterocycles. The fourth-order valence-electron chi connectivity index (χ4n) is 1.81. The Bertz CT molecular complexity index is 646. The zero-order valence-electron chi connectivity index (χ0n) is 12.5. The third kappa shape index (κ3) is 4.46. The van der Waals surface area contributed by atoms with Gasteiger partial charge < -0.3 is 19.8 Å². The standard InChI is InChI=1S/C16H18N2O4/c1-3-21-10-14-8-9-15(22-14)16(20)18-13-6-4-12(5-7-13)17-11(2)19/h4-9H,3,10H2,1-2H3,(H,17,19)(H,18,20). The second kappa shape index (κ2) is 7.42. The summed E-state index contributed by atoms with van der Waals surface area (Å²) in [5, 5.41) is 5.38. The van der Waals surface area contributed by atoms with E-state index in [-0.39, 0.29) is 17.6 Å². The van der Waals surface area contributed by atoms with Crippen LogP contribution in [0.2, 0.25) is 0 Å². The van der Waals surface area contributed by atoms with Gasteiger partial charge in [0.2, 0.25) is 5.91 Å². The van der Waals surface area contributed by atoms with Crippen LogP contribution < -0.4 is 10.6 Å². The SMILES string of the molecule is CCOCc1ccc(C(=O)Nc2ccc(NC(C)=O)cc2)o1. The average Bonchev–Trinajstić information content (AvgIpc) is 2.95. The Kier molecular flexibility index (Phi) is 5.32. The Morgan fingerprint density at radius 1 is 1.05 bits per heavy atom. The van der Waals surface area contributed by atoms with Crippen molar-refractivity contribution in [1.82, 2.24) is 0 Å². The quantitative estimate of drug-likeness (QED) is 0.859. The molecule has 22 heavy (non-hydrogen) atoms. The molecule has 0 aliphatic carbocycles. The molecular formula is C16H18N2O4. The molecular weight excluding hydrogens is 284 g/mol. The summed E-state index contributed by atoms with van der Waals surface area (Å²) in [6.07, 6.45) is 0. The lowest BCUT2D eigenvalue weighted by Gasteiger charge is -2.05. The van der Waals surface area contributed by atoms with Crippen LogP contribution in [-0.4, -0.2) is 18.4 Å². The minimum atomic E-state index is -0.338. The summed E-state index contributed by atoms with van der Waals surface area (Å²) in [6.45, 7) is 4.26. The van der Waals surface area contributed by atoms with Crippen LogP contribution in [0.1, 0.15) is 30.2 Å². The number of carbonyl (C=O) groups is 2. The molecule has 0 radical (unpaired) electrons. The van der Waals surface area contributed by atoms with E-state index in [2.05, 4.69) is 10.6 Å². The van der Waals surface area contributed by atoms with E-state index in [1.807, 2.05) is 6.92 Å². The van der Waals surface area contributed by atoms with Crippen LogP contribution in [0.5, 0.6) is 0 Å². The number of anilines is 2. The number of hydrogen-bond donors (Lipinski definition) is 2. The first-order valence-electron chi connectivity index (χ1n) is 6.94. The van der Waals surface area contributed by atoms with Crippen LogP contribution in [0.4, 0.5) is 11.4 Å². The highest BCUT2D eigenvalue weighted by Gasteiger charge is 2.11. The molecule has 2 aromatic rings. The molecule has 0 atom stereocenters. The van der Waals surface area contributed by atoms with E-state index >= 15 is 0 Å². The Balaban J connectivity index is 1.96. The van der Waals surface area contributed by atoms with Gasteiger partial charge in [0, 0.05) is 24.9 Å². The summed E-state index contributed by atoms with van der Waals surface area (Å²) in [6, 6.07) is 10.1.